The molecule has 0 aliphatic carbocycles. The van der Waals surface area contributed by atoms with Crippen LogP contribution >= 0.6 is 11.6 Å². The maximum Gasteiger partial charge on any atom is 0.253 e. The first-order valence-corrected chi connectivity index (χ1v) is 7.81. The molecule has 1 aliphatic heterocycles. The van der Waals surface area contributed by atoms with E-state index in [-0.39, 0.29) is 23.0 Å². The molecule has 1 saturated heterocycles. The van der Waals surface area contributed by atoms with Crippen LogP contribution in [0.25, 0.3) is 0 Å². The Morgan fingerprint density at radius 2 is 2.09 bits per heavy atom. The van der Waals surface area contributed by atoms with Crippen LogP contribution in [0.4, 0.5) is 10.3 Å². The van der Waals surface area contributed by atoms with Crippen molar-refractivity contribution in [3.05, 3.63) is 52.6 Å². The van der Waals surface area contributed by atoms with Gasteiger partial charge < -0.3 is 10.2 Å². The van der Waals surface area contributed by atoms with E-state index in [2.05, 4.69) is 20.2 Å². The van der Waals surface area contributed by atoms with E-state index < -0.39 is 5.82 Å². The summed E-state index contributed by atoms with van der Waals surface area (Å²) in [5, 5.41) is 2.82. The monoisotopic (exact) mass is 334 g/mol. The van der Waals surface area contributed by atoms with Crippen molar-refractivity contribution < 1.29 is 9.18 Å². The van der Waals surface area contributed by atoms with Crippen LogP contribution in [0.2, 0.25) is 5.02 Å². The summed E-state index contributed by atoms with van der Waals surface area (Å²) in [5.74, 6) is -0.150. The molecule has 0 radical (unpaired) electrons. The Balaban J connectivity index is 1.65. The average molecular weight is 335 g/mol. The van der Waals surface area contributed by atoms with Crippen LogP contribution in [0, 0.1) is 5.82 Å². The number of halogens is 2. The quantitative estimate of drug-likeness (QED) is 0.934. The van der Waals surface area contributed by atoms with Crippen molar-refractivity contribution in [2.24, 2.45) is 0 Å². The molecule has 2 heterocycles. The Morgan fingerprint density at radius 3 is 2.83 bits per heavy atom. The van der Waals surface area contributed by atoms with Crippen molar-refractivity contribution >= 4 is 23.5 Å². The third kappa shape index (κ3) is 3.76. The van der Waals surface area contributed by atoms with Gasteiger partial charge in [-0.3, -0.25) is 4.79 Å². The van der Waals surface area contributed by atoms with E-state index in [1.807, 2.05) is 0 Å². The summed E-state index contributed by atoms with van der Waals surface area (Å²) < 4.78 is 13.0. The third-order valence-corrected chi connectivity index (χ3v) is 4.01. The Bertz CT molecular complexity index is 719. The number of aromatic nitrogens is 2. The number of hydrogen-bond acceptors (Lipinski definition) is 4. The Morgan fingerprint density at radius 1 is 1.30 bits per heavy atom. The van der Waals surface area contributed by atoms with Crippen LogP contribution < -0.4 is 10.2 Å². The average Bonchev–Trinajstić information content (AvgIpc) is 3.07. The maximum atomic E-state index is 13.0. The second kappa shape index (κ2) is 6.91. The van der Waals surface area contributed by atoms with Gasteiger partial charge in [-0.1, -0.05) is 11.6 Å². The minimum Gasteiger partial charge on any atom is -0.346 e. The molecule has 1 aliphatic rings. The van der Waals surface area contributed by atoms with Crippen LogP contribution in [-0.2, 0) is 6.54 Å². The van der Waals surface area contributed by atoms with Crippen molar-refractivity contribution in [1.29, 1.82) is 0 Å². The molecule has 5 nitrogen and oxygen atoms in total. The number of amides is 1. The highest BCUT2D eigenvalue weighted by atomic mass is 35.5. The fourth-order valence-electron chi connectivity index (χ4n) is 2.49. The van der Waals surface area contributed by atoms with Crippen molar-refractivity contribution in [1.82, 2.24) is 15.3 Å². The first-order chi connectivity index (χ1) is 11.1. The van der Waals surface area contributed by atoms with E-state index >= 15 is 0 Å². The molecule has 1 aromatic carbocycles. The summed E-state index contributed by atoms with van der Waals surface area (Å²) in [6.07, 6.45) is 3.98. The molecule has 0 unspecified atom stereocenters. The summed E-state index contributed by atoms with van der Waals surface area (Å²) in [6.45, 7) is 2.18. The minimum absolute atomic E-state index is 0.0861. The van der Waals surface area contributed by atoms with Gasteiger partial charge in [-0.25, -0.2) is 14.4 Å². The van der Waals surface area contributed by atoms with E-state index in [0.29, 0.717) is 11.6 Å². The number of nitrogens with zero attached hydrogens (tertiary/aromatic N) is 3. The smallest absolute Gasteiger partial charge is 0.253 e. The van der Waals surface area contributed by atoms with Crippen LogP contribution in [0.15, 0.2) is 30.5 Å². The van der Waals surface area contributed by atoms with Crippen LogP contribution in [0.1, 0.15) is 28.9 Å². The standard InChI is InChI=1S/C16H16ClFN4O/c17-14-9-11(18)3-4-13(14)15(23)20-10-12-5-6-19-16(21-12)22-7-1-2-8-22/h3-6,9H,1-2,7-8,10H2,(H,20,23). The molecular weight excluding hydrogens is 319 g/mol. The van der Waals surface area contributed by atoms with Crippen molar-refractivity contribution in [2.45, 2.75) is 19.4 Å². The van der Waals surface area contributed by atoms with Gasteiger partial charge in [-0.05, 0) is 37.1 Å². The van der Waals surface area contributed by atoms with Gasteiger partial charge in [-0.2, -0.15) is 0 Å². The van der Waals surface area contributed by atoms with Crippen LogP contribution in [-0.4, -0.2) is 29.0 Å². The van der Waals surface area contributed by atoms with E-state index in [1.54, 1.807) is 12.3 Å². The van der Waals surface area contributed by atoms with Gasteiger partial charge in [0.15, 0.2) is 0 Å². The first kappa shape index (κ1) is 15.7. The Hall–Kier alpha value is -2.21. The number of hydrogen-bond donors (Lipinski definition) is 1. The van der Waals surface area contributed by atoms with E-state index in [1.165, 1.54) is 12.1 Å². The zero-order valence-electron chi connectivity index (χ0n) is 12.4. The van der Waals surface area contributed by atoms with Crippen LogP contribution in [0.5, 0.6) is 0 Å². The lowest BCUT2D eigenvalue weighted by molar-refractivity contribution is 0.0950. The normalized spacial score (nSPS) is 14.1. The number of benzene rings is 1. The van der Waals surface area contributed by atoms with Gasteiger partial charge in [0.05, 0.1) is 22.8 Å². The lowest BCUT2D eigenvalue weighted by atomic mass is 10.2. The van der Waals surface area contributed by atoms with Gasteiger partial charge >= 0.3 is 0 Å². The van der Waals surface area contributed by atoms with Gasteiger partial charge in [0, 0.05) is 19.3 Å². The molecule has 0 spiro atoms. The molecule has 120 valence electrons. The number of carbonyl (C=O) groups excluding carboxylic acids is 1. The topological polar surface area (TPSA) is 58.1 Å². The minimum atomic E-state index is -0.474. The fourth-order valence-corrected chi connectivity index (χ4v) is 2.75. The summed E-state index contributed by atoms with van der Waals surface area (Å²) in [6, 6.07) is 5.44. The molecule has 2 aromatic rings. The second-order valence-corrected chi connectivity index (χ2v) is 5.76. The number of anilines is 1. The number of rotatable bonds is 4. The van der Waals surface area contributed by atoms with Crippen molar-refractivity contribution in [3.63, 3.8) is 0 Å². The first-order valence-electron chi connectivity index (χ1n) is 7.43. The highest BCUT2D eigenvalue weighted by molar-refractivity contribution is 6.33. The predicted molar refractivity (Wildman–Crippen MR) is 86.1 cm³/mol. The maximum absolute atomic E-state index is 13.0. The fraction of sp³-hybridized carbons (Fsp3) is 0.312. The second-order valence-electron chi connectivity index (χ2n) is 5.35. The van der Waals surface area contributed by atoms with Gasteiger partial charge in [0.2, 0.25) is 5.95 Å². The SMILES string of the molecule is O=C(NCc1ccnc(N2CCCC2)n1)c1ccc(F)cc1Cl. The largest absolute Gasteiger partial charge is 0.346 e. The van der Waals surface area contributed by atoms with Gasteiger partial charge in [-0.15, -0.1) is 0 Å². The zero-order chi connectivity index (χ0) is 16.2. The number of carbonyl (C=O) groups is 1. The highest BCUT2D eigenvalue weighted by Gasteiger charge is 2.15. The molecule has 0 saturated carbocycles. The van der Waals surface area contributed by atoms with Crippen molar-refractivity contribution in [2.75, 3.05) is 18.0 Å². The van der Waals surface area contributed by atoms with Crippen LogP contribution in [0.3, 0.4) is 0 Å². The molecule has 3 rings (SSSR count). The summed E-state index contributed by atoms with van der Waals surface area (Å²) >= 11 is 5.88. The van der Waals surface area contributed by atoms with E-state index in [0.717, 1.165) is 32.0 Å². The molecule has 1 aromatic heterocycles. The molecule has 0 atom stereocenters. The number of nitrogens with one attached hydrogen (secondary N) is 1. The molecule has 7 heteroatoms. The summed E-state index contributed by atoms with van der Waals surface area (Å²) in [7, 11) is 0. The third-order valence-electron chi connectivity index (χ3n) is 3.70. The van der Waals surface area contributed by atoms with Gasteiger partial charge in [0.25, 0.3) is 5.91 Å². The van der Waals surface area contributed by atoms with Crippen molar-refractivity contribution in [3.8, 4) is 0 Å². The molecule has 23 heavy (non-hydrogen) atoms. The Labute approximate surface area is 138 Å². The van der Waals surface area contributed by atoms with E-state index in [9.17, 15) is 9.18 Å². The highest BCUT2D eigenvalue weighted by Crippen LogP contribution is 2.18. The Kier molecular flexibility index (Phi) is 4.71. The molecule has 0 bridgehead atoms. The molecule has 1 N–H and O–H groups in total. The van der Waals surface area contributed by atoms with Gasteiger partial charge in [0.1, 0.15) is 5.82 Å². The molecular formula is C16H16ClFN4O. The van der Waals surface area contributed by atoms with E-state index in [4.69, 9.17) is 11.6 Å². The zero-order valence-corrected chi connectivity index (χ0v) is 13.2. The lowest BCUT2D eigenvalue weighted by Gasteiger charge is -2.15. The molecule has 1 fully saturated rings. The summed E-state index contributed by atoms with van der Waals surface area (Å²) in [4.78, 5) is 23.0. The molecule has 1 amide bonds. The summed E-state index contributed by atoms with van der Waals surface area (Å²) in [5.41, 5.74) is 0.954. The predicted octanol–water partition coefficient (Wildman–Crippen LogP) is 2.80. The lowest BCUT2D eigenvalue weighted by Crippen LogP contribution is -2.25.